The van der Waals surface area contributed by atoms with E-state index in [1.54, 1.807) is 0 Å². The van der Waals surface area contributed by atoms with Crippen LogP contribution >= 0.6 is 0 Å². The highest BCUT2D eigenvalue weighted by atomic mass is 16.3. The molecular formula is C12H21N3O. The smallest absolute Gasteiger partial charge is 0.0666 e. The Balaban J connectivity index is 2.53. The van der Waals surface area contributed by atoms with Crippen LogP contribution in [-0.2, 0) is 13.0 Å². The predicted octanol–water partition coefficient (Wildman–Crippen LogP) is 0.395. The Morgan fingerprint density at radius 2 is 2.25 bits per heavy atom. The van der Waals surface area contributed by atoms with Crippen LogP contribution in [0.1, 0.15) is 17.7 Å². The van der Waals surface area contributed by atoms with Crippen LogP contribution in [0, 0.1) is 0 Å². The maximum absolute atomic E-state index is 9.37. The lowest BCUT2D eigenvalue weighted by molar-refractivity contribution is 0.173. The summed E-state index contributed by atoms with van der Waals surface area (Å²) in [5.74, 6) is 0. The Morgan fingerprint density at radius 1 is 1.50 bits per heavy atom. The fraction of sp³-hybridized carbons (Fsp3) is 0.583. The summed E-state index contributed by atoms with van der Waals surface area (Å²) in [7, 11) is 4.08. The molecule has 90 valence electrons. The lowest BCUT2D eigenvalue weighted by Crippen LogP contribution is -2.20. The van der Waals surface area contributed by atoms with Gasteiger partial charge < -0.3 is 15.7 Å². The molecule has 0 aliphatic carbocycles. The van der Waals surface area contributed by atoms with Crippen molar-refractivity contribution in [2.45, 2.75) is 25.5 Å². The monoisotopic (exact) mass is 223 g/mol. The van der Waals surface area contributed by atoms with Gasteiger partial charge in [0.05, 0.1) is 6.10 Å². The van der Waals surface area contributed by atoms with Gasteiger partial charge in [0, 0.05) is 25.0 Å². The third-order valence-electron chi connectivity index (χ3n) is 2.39. The second-order valence-electron chi connectivity index (χ2n) is 4.32. The van der Waals surface area contributed by atoms with Gasteiger partial charge in [-0.2, -0.15) is 0 Å². The van der Waals surface area contributed by atoms with Gasteiger partial charge in [-0.05, 0) is 44.6 Å². The quantitative estimate of drug-likeness (QED) is 0.732. The molecule has 4 nitrogen and oxygen atoms in total. The SMILES string of the molecule is CN(C)Cc1ccnc(CCC(O)CN)c1. The van der Waals surface area contributed by atoms with Crippen molar-refractivity contribution in [2.75, 3.05) is 20.6 Å². The molecule has 0 saturated carbocycles. The minimum Gasteiger partial charge on any atom is -0.392 e. The van der Waals surface area contributed by atoms with Crippen molar-refractivity contribution < 1.29 is 5.11 Å². The van der Waals surface area contributed by atoms with Crippen molar-refractivity contribution in [3.8, 4) is 0 Å². The number of aryl methyl sites for hydroxylation is 1. The van der Waals surface area contributed by atoms with Gasteiger partial charge in [0.1, 0.15) is 0 Å². The number of nitrogens with zero attached hydrogens (tertiary/aromatic N) is 2. The van der Waals surface area contributed by atoms with Gasteiger partial charge in [-0.25, -0.2) is 0 Å². The van der Waals surface area contributed by atoms with Gasteiger partial charge in [-0.15, -0.1) is 0 Å². The lowest BCUT2D eigenvalue weighted by atomic mass is 10.1. The Bertz CT molecular complexity index is 315. The van der Waals surface area contributed by atoms with Gasteiger partial charge in [-0.3, -0.25) is 4.98 Å². The Hall–Kier alpha value is -0.970. The molecule has 1 aromatic heterocycles. The molecule has 0 saturated heterocycles. The van der Waals surface area contributed by atoms with Crippen LogP contribution < -0.4 is 5.73 Å². The van der Waals surface area contributed by atoms with E-state index >= 15 is 0 Å². The zero-order valence-corrected chi connectivity index (χ0v) is 10.1. The molecule has 1 heterocycles. The second kappa shape index (κ2) is 6.58. The molecule has 1 atom stereocenters. The normalized spacial score (nSPS) is 13.1. The molecule has 0 aliphatic heterocycles. The molecule has 1 rings (SSSR count). The van der Waals surface area contributed by atoms with Gasteiger partial charge in [-0.1, -0.05) is 0 Å². The highest BCUT2D eigenvalue weighted by Gasteiger charge is 2.03. The minimum absolute atomic E-state index is 0.317. The molecule has 0 aliphatic rings. The highest BCUT2D eigenvalue weighted by molar-refractivity contribution is 5.16. The first-order valence-electron chi connectivity index (χ1n) is 5.58. The first-order chi connectivity index (χ1) is 7.61. The number of pyridine rings is 1. The average Bonchev–Trinajstić information content (AvgIpc) is 2.25. The molecule has 0 fully saturated rings. The van der Waals surface area contributed by atoms with Crippen molar-refractivity contribution in [1.82, 2.24) is 9.88 Å². The van der Waals surface area contributed by atoms with Crippen molar-refractivity contribution in [2.24, 2.45) is 5.73 Å². The molecule has 0 spiro atoms. The minimum atomic E-state index is -0.417. The molecule has 1 unspecified atom stereocenters. The number of nitrogens with two attached hydrogens (primary N) is 1. The van der Waals surface area contributed by atoms with Crippen LogP contribution in [0.4, 0.5) is 0 Å². The van der Waals surface area contributed by atoms with Crippen LogP contribution in [0.3, 0.4) is 0 Å². The van der Waals surface area contributed by atoms with E-state index < -0.39 is 6.10 Å². The summed E-state index contributed by atoms with van der Waals surface area (Å²) in [6, 6.07) is 4.10. The number of rotatable bonds is 6. The summed E-state index contributed by atoms with van der Waals surface area (Å²) in [4.78, 5) is 6.40. The zero-order chi connectivity index (χ0) is 12.0. The molecule has 0 radical (unpaired) electrons. The summed E-state index contributed by atoms with van der Waals surface area (Å²) < 4.78 is 0. The van der Waals surface area contributed by atoms with Crippen LogP contribution in [0.15, 0.2) is 18.3 Å². The summed E-state index contributed by atoms with van der Waals surface area (Å²) in [5, 5.41) is 9.37. The average molecular weight is 223 g/mol. The number of aromatic nitrogens is 1. The molecule has 16 heavy (non-hydrogen) atoms. The van der Waals surface area contributed by atoms with E-state index in [-0.39, 0.29) is 0 Å². The largest absolute Gasteiger partial charge is 0.392 e. The van der Waals surface area contributed by atoms with Gasteiger partial charge in [0.15, 0.2) is 0 Å². The Morgan fingerprint density at radius 3 is 2.88 bits per heavy atom. The lowest BCUT2D eigenvalue weighted by Gasteiger charge is -2.11. The number of aliphatic hydroxyl groups excluding tert-OH is 1. The molecule has 4 heteroatoms. The Kier molecular flexibility index (Phi) is 5.38. The summed E-state index contributed by atoms with van der Waals surface area (Å²) in [6.45, 7) is 1.23. The summed E-state index contributed by atoms with van der Waals surface area (Å²) in [6.07, 6.45) is 2.86. The van der Waals surface area contributed by atoms with Gasteiger partial charge in [0.25, 0.3) is 0 Å². The van der Waals surface area contributed by atoms with E-state index in [0.717, 1.165) is 18.7 Å². The van der Waals surface area contributed by atoms with E-state index in [1.165, 1.54) is 5.56 Å². The summed E-state index contributed by atoms with van der Waals surface area (Å²) in [5.41, 5.74) is 7.62. The third-order valence-corrected chi connectivity index (χ3v) is 2.39. The first kappa shape index (κ1) is 13.1. The standard InChI is InChI=1S/C12H21N3O/c1-15(2)9-10-5-6-14-11(7-10)3-4-12(16)8-13/h5-7,12,16H,3-4,8-9,13H2,1-2H3. The van der Waals surface area contributed by atoms with Gasteiger partial charge in [0.2, 0.25) is 0 Å². The van der Waals surface area contributed by atoms with E-state index in [1.807, 2.05) is 26.4 Å². The van der Waals surface area contributed by atoms with Crippen molar-refractivity contribution >= 4 is 0 Å². The fourth-order valence-corrected chi connectivity index (χ4v) is 1.56. The van der Waals surface area contributed by atoms with Crippen molar-refractivity contribution in [3.05, 3.63) is 29.6 Å². The zero-order valence-electron chi connectivity index (χ0n) is 10.1. The van der Waals surface area contributed by atoms with Crippen LogP contribution in [0.2, 0.25) is 0 Å². The second-order valence-corrected chi connectivity index (χ2v) is 4.32. The van der Waals surface area contributed by atoms with Gasteiger partial charge >= 0.3 is 0 Å². The van der Waals surface area contributed by atoms with E-state index in [2.05, 4.69) is 16.0 Å². The van der Waals surface area contributed by atoms with E-state index in [4.69, 9.17) is 5.73 Å². The molecule has 0 bridgehead atoms. The summed E-state index contributed by atoms with van der Waals surface area (Å²) >= 11 is 0. The number of aliphatic hydroxyl groups is 1. The van der Waals surface area contributed by atoms with Crippen molar-refractivity contribution in [3.63, 3.8) is 0 Å². The maximum Gasteiger partial charge on any atom is 0.0666 e. The topological polar surface area (TPSA) is 62.4 Å². The molecule has 1 aromatic rings. The highest BCUT2D eigenvalue weighted by Crippen LogP contribution is 2.07. The third kappa shape index (κ3) is 4.70. The molecule has 0 amide bonds. The molecule has 0 aromatic carbocycles. The van der Waals surface area contributed by atoms with Crippen LogP contribution in [-0.4, -0.2) is 41.7 Å². The Labute approximate surface area is 97.1 Å². The van der Waals surface area contributed by atoms with Crippen LogP contribution in [0.5, 0.6) is 0 Å². The first-order valence-corrected chi connectivity index (χ1v) is 5.58. The fourth-order valence-electron chi connectivity index (χ4n) is 1.56. The van der Waals surface area contributed by atoms with E-state index in [9.17, 15) is 5.11 Å². The van der Waals surface area contributed by atoms with E-state index in [0.29, 0.717) is 13.0 Å². The molecular weight excluding hydrogens is 202 g/mol. The number of hydrogen-bond donors (Lipinski definition) is 2. The van der Waals surface area contributed by atoms with Crippen molar-refractivity contribution in [1.29, 1.82) is 0 Å². The number of hydrogen-bond acceptors (Lipinski definition) is 4. The predicted molar refractivity (Wildman–Crippen MR) is 65.0 cm³/mol. The van der Waals surface area contributed by atoms with Crippen LogP contribution in [0.25, 0.3) is 0 Å². The maximum atomic E-state index is 9.37. The molecule has 3 N–H and O–H groups in total.